The van der Waals surface area contributed by atoms with Gasteiger partial charge in [-0.1, -0.05) is 66.7 Å². The van der Waals surface area contributed by atoms with Crippen LogP contribution in [0.5, 0.6) is 0 Å². The van der Waals surface area contributed by atoms with Crippen LogP contribution in [0.2, 0.25) is 0 Å². The summed E-state index contributed by atoms with van der Waals surface area (Å²) < 4.78 is 0. The van der Waals surface area contributed by atoms with E-state index in [2.05, 4.69) is 85.9 Å². The normalized spacial score (nSPS) is 18.5. The van der Waals surface area contributed by atoms with Gasteiger partial charge in [0.2, 0.25) is 0 Å². The number of nitrogens with one attached hydrogen (secondary N) is 1. The van der Waals surface area contributed by atoms with Crippen molar-refractivity contribution >= 4 is 5.70 Å². The summed E-state index contributed by atoms with van der Waals surface area (Å²) in [6.07, 6.45) is 2.29. The second-order valence-corrected chi connectivity index (χ2v) is 5.30. The lowest BCUT2D eigenvalue weighted by molar-refractivity contribution is 0.713. The van der Waals surface area contributed by atoms with Gasteiger partial charge >= 0.3 is 0 Å². The maximum absolute atomic E-state index is 3.70. The van der Waals surface area contributed by atoms with Crippen molar-refractivity contribution in [2.45, 2.75) is 19.9 Å². The Morgan fingerprint density at radius 1 is 0.800 bits per heavy atom. The standard InChI is InChI=1S/C19H19N/c1-14-13-15(2)19(17-11-7-4-8-12-17)20-18(14)16-9-5-3-6-10-16/h3-13,18,20H,1-2H3. The lowest BCUT2D eigenvalue weighted by Gasteiger charge is -2.28. The zero-order chi connectivity index (χ0) is 13.9. The molecule has 1 unspecified atom stereocenters. The van der Waals surface area contributed by atoms with Crippen molar-refractivity contribution in [1.82, 2.24) is 5.32 Å². The van der Waals surface area contributed by atoms with E-state index in [9.17, 15) is 0 Å². The molecule has 0 spiro atoms. The highest BCUT2D eigenvalue weighted by Crippen LogP contribution is 2.32. The second-order valence-electron chi connectivity index (χ2n) is 5.30. The predicted molar refractivity (Wildman–Crippen MR) is 85.1 cm³/mol. The molecule has 0 radical (unpaired) electrons. The van der Waals surface area contributed by atoms with Gasteiger partial charge in [0, 0.05) is 5.70 Å². The quantitative estimate of drug-likeness (QED) is 0.825. The van der Waals surface area contributed by atoms with Crippen LogP contribution in [0.25, 0.3) is 5.70 Å². The van der Waals surface area contributed by atoms with Crippen LogP contribution in [0.3, 0.4) is 0 Å². The van der Waals surface area contributed by atoms with E-state index in [0.29, 0.717) is 0 Å². The van der Waals surface area contributed by atoms with Crippen LogP contribution in [0, 0.1) is 0 Å². The van der Waals surface area contributed by atoms with Crippen LogP contribution >= 0.6 is 0 Å². The predicted octanol–water partition coefficient (Wildman–Crippen LogP) is 4.71. The van der Waals surface area contributed by atoms with Crippen molar-refractivity contribution < 1.29 is 0 Å². The number of allylic oxidation sites excluding steroid dienone is 2. The molecule has 0 amide bonds. The van der Waals surface area contributed by atoms with E-state index < -0.39 is 0 Å². The molecule has 1 aliphatic rings. The van der Waals surface area contributed by atoms with E-state index in [-0.39, 0.29) is 6.04 Å². The van der Waals surface area contributed by atoms with Crippen LogP contribution in [-0.2, 0) is 0 Å². The highest BCUT2D eigenvalue weighted by atomic mass is 14.9. The molecule has 1 heteroatoms. The zero-order valence-electron chi connectivity index (χ0n) is 11.9. The van der Waals surface area contributed by atoms with E-state index in [0.717, 1.165) is 0 Å². The Bertz CT molecular complexity index is 651. The Morgan fingerprint density at radius 3 is 2.05 bits per heavy atom. The molecule has 1 heterocycles. The number of hydrogen-bond acceptors (Lipinski definition) is 1. The largest absolute Gasteiger partial charge is 0.374 e. The molecule has 0 aromatic heterocycles. The molecule has 0 saturated heterocycles. The molecule has 20 heavy (non-hydrogen) atoms. The van der Waals surface area contributed by atoms with Gasteiger partial charge in [-0.15, -0.1) is 0 Å². The minimum Gasteiger partial charge on any atom is -0.374 e. The van der Waals surface area contributed by atoms with Gasteiger partial charge in [-0.25, -0.2) is 0 Å². The second kappa shape index (κ2) is 5.38. The zero-order valence-corrected chi connectivity index (χ0v) is 11.9. The first-order chi connectivity index (χ1) is 9.75. The van der Waals surface area contributed by atoms with Gasteiger partial charge in [-0.05, 0) is 36.1 Å². The molecule has 2 aromatic carbocycles. The topological polar surface area (TPSA) is 12.0 Å². The summed E-state index contributed by atoms with van der Waals surface area (Å²) in [6, 6.07) is 21.4. The van der Waals surface area contributed by atoms with Crippen LogP contribution in [0.15, 0.2) is 77.9 Å². The minimum absolute atomic E-state index is 0.259. The van der Waals surface area contributed by atoms with Gasteiger partial charge < -0.3 is 5.32 Å². The van der Waals surface area contributed by atoms with E-state index in [1.807, 2.05) is 0 Å². The molecule has 0 aliphatic carbocycles. The maximum Gasteiger partial charge on any atom is 0.0728 e. The van der Waals surface area contributed by atoms with Crippen LogP contribution < -0.4 is 5.32 Å². The smallest absolute Gasteiger partial charge is 0.0728 e. The van der Waals surface area contributed by atoms with E-state index in [1.54, 1.807) is 0 Å². The number of benzene rings is 2. The fourth-order valence-electron chi connectivity index (χ4n) is 2.78. The fraction of sp³-hybridized carbons (Fsp3) is 0.158. The summed E-state index contributed by atoms with van der Waals surface area (Å²) in [6.45, 7) is 4.36. The molecule has 0 saturated carbocycles. The first-order valence-electron chi connectivity index (χ1n) is 7.01. The monoisotopic (exact) mass is 261 g/mol. The van der Waals surface area contributed by atoms with Crippen molar-refractivity contribution in [2.75, 3.05) is 0 Å². The molecular formula is C19H19N. The third-order valence-corrected chi connectivity index (χ3v) is 3.78. The summed E-state index contributed by atoms with van der Waals surface area (Å²) in [4.78, 5) is 0. The molecule has 1 N–H and O–H groups in total. The average Bonchev–Trinajstić information content (AvgIpc) is 2.49. The highest BCUT2D eigenvalue weighted by Gasteiger charge is 2.20. The third-order valence-electron chi connectivity index (χ3n) is 3.78. The van der Waals surface area contributed by atoms with Crippen LogP contribution in [-0.4, -0.2) is 0 Å². The lowest BCUT2D eigenvalue weighted by Crippen LogP contribution is -2.25. The summed E-state index contributed by atoms with van der Waals surface area (Å²) >= 11 is 0. The molecule has 0 bridgehead atoms. The van der Waals surface area contributed by atoms with Gasteiger partial charge in [0.25, 0.3) is 0 Å². The van der Waals surface area contributed by atoms with Gasteiger partial charge in [0.15, 0.2) is 0 Å². The summed E-state index contributed by atoms with van der Waals surface area (Å²) in [5.41, 5.74) is 6.43. The molecule has 0 fully saturated rings. The number of hydrogen-bond donors (Lipinski definition) is 1. The summed E-state index contributed by atoms with van der Waals surface area (Å²) in [5.74, 6) is 0. The molecule has 1 nitrogen and oxygen atoms in total. The van der Waals surface area contributed by atoms with Gasteiger partial charge in [-0.3, -0.25) is 0 Å². The van der Waals surface area contributed by atoms with Crippen molar-refractivity contribution in [3.63, 3.8) is 0 Å². The van der Waals surface area contributed by atoms with Crippen molar-refractivity contribution in [2.24, 2.45) is 0 Å². The molecule has 1 aliphatic heterocycles. The Balaban J connectivity index is 1.99. The third kappa shape index (κ3) is 2.39. The Morgan fingerprint density at radius 2 is 1.40 bits per heavy atom. The lowest BCUT2D eigenvalue weighted by atomic mass is 9.92. The number of rotatable bonds is 2. The first-order valence-corrected chi connectivity index (χ1v) is 7.01. The van der Waals surface area contributed by atoms with Crippen LogP contribution in [0.1, 0.15) is 31.0 Å². The van der Waals surface area contributed by atoms with E-state index >= 15 is 0 Å². The van der Waals surface area contributed by atoms with Crippen molar-refractivity contribution in [3.05, 3.63) is 89.0 Å². The van der Waals surface area contributed by atoms with E-state index in [4.69, 9.17) is 0 Å². The van der Waals surface area contributed by atoms with Gasteiger partial charge in [-0.2, -0.15) is 0 Å². The summed E-state index contributed by atoms with van der Waals surface area (Å²) in [7, 11) is 0. The molecule has 3 rings (SSSR count). The Labute approximate surface area is 120 Å². The molecule has 2 aromatic rings. The molecule has 100 valence electrons. The fourth-order valence-corrected chi connectivity index (χ4v) is 2.78. The average molecular weight is 261 g/mol. The molecular weight excluding hydrogens is 242 g/mol. The van der Waals surface area contributed by atoms with Crippen molar-refractivity contribution in [1.29, 1.82) is 0 Å². The minimum atomic E-state index is 0.259. The Hall–Kier alpha value is -2.28. The maximum atomic E-state index is 3.70. The SMILES string of the molecule is CC1=CC(C)=C(c2ccccc2)NC1c1ccccc1. The van der Waals surface area contributed by atoms with Gasteiger partial charge in [0.1, 0.15) is 0 Å². The van der Waals surface area contributed by atoms with Gasteiger partial charge in [0.05, 0.1) is 6.04 Å². The summed E-state index contributed by atoms with van der Waals surface area (Å²) in [5, 5.41) is 3.70. The number of dihydropyridines is 1. The highest BCUT2D eigenvalue weighted by molar-refractivity contribution is 5.71. The van der Waals surface area contributed by atoms with E-state index in [1.165, 1.54) is 28.0 Å². The van der Waals surface area contributed by atoms with Crippen LogP contribution in [0.4, 0.5) is 0 Å². The Kier molecular flexibility index (Phi) is 3.42. The first kappa shape index (κ1) is 12.7. The van der Waals surface area contributed by atoms with Crippen molar-refractivity contribution in [3.8, 4) is 0 Å². The molecule has 1 atom stereocenters.